The van der Waals surface area contributed by atoms with Gasteiger partial charge in [0.05, 0.1) is 0 Å². The fourth-order valence-corrected chi connectivity index (χ4v) is 2.20. The van der Waals surface area contributed by atoms with Crippen molar-refractivity contribution in [3.8, 4) is 5.75 Å². The Morgan fingerprint density at radius 3 is 2.56 bits per heavy atom. The van der Waals surface area contributed by atoms with E-state index in [1.165, 1.54) is 30.3 Å². The fourth-order valence-electron chi connectivity index (χ4n) is 2.02. The highest BCUT2D eigenvalue weighted by Crippen LogP contribution is 2.20. The lowest BCUT2D eigenvalue weighted by molar-refractivity contribution is -0.142. The molecule has 0 aliphatic heterocycles. The molecule has 27 heavy (non-hydrogen) atoms. The van der Waals surface area contributed by atoms with E-state index in [0.717, 1.165) is 11.6 Å². The maximum Gasteiger partial charge on any atom is 0.387 e. The molecule has 2 aromatic carbocycles. The first-order chi connectivity index (χ1) is 12.8. The van der Waals surface area contributed by atoms with Gasteiger partial charge in [-0.3, -0.25) is 4.79 Å². The summed E-state index contributed by atoms with van der Waals surface area (Å²) in [5, 5.41) is 3.08. The third kappa shape index (κ3) is 7.07. The van der Waals surface area contributed by atoms with Crippen molar-refractivity contribution >= 4 is 35.2 Å². The lowest BCUT2D eigenvalue weighted by Crippen LogP contribution is -2.20. The lowest BCUT2D eigenvalue weighted by atomic mass is 10.2. The Balaban J connectivity index is 1.82. The number of ether oxygens (including phenoxy) is 2. The number of aryl methyl sites for hydroxylation is 1. The Kier molecular flexibility index (Phi) is 7.31. The van der Waals surface area contributed by atoms with Crippen LogP contribution in [0.15, 0.2) is 48.5 Å². The van der Waals surface area contributed by atoms with Crippen LogP contribution in [-0.2, 0) is 14.3 Å². The number of hydrogen-bond acceptors (Lipinski definition) is 4. The van der Waals surface area contributed by atoms with Crippen LogP contribution in [0.2, 0.25) is 5.02 Å². The molecule has 1 N–H and O–H groups in total. The highest BCUT2D eigenvalue weighted by molar-refractivity contribution is 6.31. The molecule has 0 unspecified atom stereocenters. The van der Waals surface area contributed by atoms with Crippen molar-refractivity contribution in [1.82, 2.24) is 0 Å². The first-order valence-electron chi connectivity index (χ1n) is 7.79. The molecule has 0 radical (unpaired) electrons. The second-order valence-electron chi connectivity index (χ2n) is 5.40. The molecule has 0 atom stereocenters. The molecule has 0 aromatic heterocycles. The van der Waals surface area contributed by atoms with E-state index in [4.69, 9.17) is 16.3 Å². The molecule has 0 saturated heterocycles. The summed E-state index contributed by atoms with van der Waals surface area (Å²) in [4.78, 5) is 23.5. The maximum atomic E-state index is 12.1. The topological polar surface area (TPSA) is 64.6 Å². The normalized spacial score (nSPS) is 10.9. The summed E-state index contributed by atoms with van der Waals surface area (Å²) in [6, 6.07) is 10.7. The van der Waals surface area contributed by atoms with E-state index in [2.05, 4.69) is 10.1 Å². The van der Waals surface area contributed by atoms with Crippen LogP contribution in [0, 0.1) is 6.92 Å². The predicted octanol–water partition coefficient (Wildman–Crippen LogP) is 4.44. The van der Waals surface area contributed by atoms with E-state index >= 15 is 0 Å². The van der Waals surface area contributed by atoms with Crippen LogP contribution in [0.3, 0.4) is 0 Å². The standard InChI is InChI=1S/C19H16ClF2NO4/c1-12-2-6-14(20)10-16(12)23-17(24)11-26-18(25)9-5-13-3-7-15(8-4-13)27-19(21)22/h2-10,19H,11H2,1H3,(H,23,24)/b9-5+. The Bertz CT molecular complexity index is 838. The van der Waals surface area contributed by atoms with Crippen molar-refractivity contribution in [3.05, 3.63) is 64.7 Å². The largest absolute Gasteiger partial charge is 0.452 e. The van der Waals surface area contributed by atoms with Gasteiger partial charge in [-0.15, -0.1) is 0 Å². The number of halogens is 3. The lowest BCUT2D eigenvalue weighted by Gasteiger charge is -2.08. The number of anilines is 1. The van der Waals surface area contributed by atoms with Gasteiger partial charge in [0.2, 0.25) is 0 Å². The number of amides is 1. The second-order valence-corrected chi connectivity index (χ2v) is 5.83. The summed E-state index contributed by atoms with van der Waals surface area (Å²) in [6.45, 7) is -1.56. The van der Waals surface area contributed by atoms with Gasteiger partial charge in [0.1, 0.15) is 5.75 Å². The zero-order valence-electron chi connectivity index (χ0n) is 14.2. The Morgan fingerprint density at radius 1 is 1.19 bits per heavy atom. The first-order valence-corrected chi connectivity index (χ1v) is 8.17. The molecule has 2 rings (SSSR count). The Morgan fingerprint density at radius 2 is 1.89 bits per heavy atom. The van der Waals surface area contributed by atoms with Crippen LogP contribution < -0.4 is 10.1 Å². The summed E-state index contributed by atoms with van der Waals surface area (Å²) in [5.41, 5.74) is 1.93. The molecule has 0 bridgehead atoms. The average molecular weight is 396 g/mol. The number of hydrogen-bond donors (Lipinski definition) is 1. The molecule has 0 fully saturated rings. The van der Waals surface area contributed by atoms with E-state index < -0.39 is 25.1 Å². The monoisotopic (exact) mass is 395 g/mol. The number of nitrogens with one attached hydrogen (secondary N) is 1. The molecule has 142 valence electrons. The molecule has 8 heteroatoms. The zero-order valence-corrected chi connectivity index (χ0v) is 15.0. The minimum Gasteiger partial charge on any atom is -0.452 e. The van der Waals surface area contributed by atoms with Crippen molar-refractivity contribution in [2.45, 2.75) is 13.5 Å². The van der Waals surface area contributed by atoms with E-state index in [1.807, 2.05) is 0 Å². The van der Waals surface area contributed by atoms with Crippen molar-refractivity contribution < 1.29 is 27.8 Å². The molecule has 2 aromatic rings. The number of esters is 1. The smallest absolute Gasteiger partial charge is 0.387 e. The molecule has 0 heterocycles. The van der Waals surface area contributed by atoms with Crippen LogP contribution >= 0.6 is 11.6 Å². The fraction of sp³-hybridized carbons (Fsp3) is 0.158. The van der Waals surface area contributed by atoms with Gasteiger partial charge in [0.15, 0.2) is 6.61 Å². The molecular formula is C19H16ClF2NO4. The Hall–Kier alpha value is -2.93. The summed E-state index contributed by atoms with van der Waals surface area (Å²) in [6.07, 6.45) is 2.55. The van der Waals surface area contributed by atoms with Crippen LogP contribution in [0.5, 0.6) is 5.75 Å². The van der Waals surface area contributed by atoms with Gasteiger partial charge in [-0.05, 0) is 48.4 Å². The number of benzene rings is 2. The average Bonchev–Trinajstić information content (AvgIpc) is 2.62. The van der Waals surface area contributed by atoms with E-state index in [9.17, 15) is 18.4 Å². The molecule has 1 amide bonds. The van der Waals surface area contributed by atoms with E-state index in [-0.39, 0.29) is 5.75 Å². The van der Waals surface area contributed by atoms with Gasteiger partial charge in [-0.2, -0.15) is 8.78 Å². The summed E-state index contributed by atoms with van der Waals surface area (Å²) >= 11 is 5.87. The Labute approximate surface area is 159 Å². The first kappa shape index (κ1) is 20.4. The SMILES string of the molecule is Cc1ccc(Cl)cc1NC(=O)COC(=O)/C=C/c1ccc(OC(F)F)cc1. The third-order valence-corrected chi connectivity index (χ3v) is 3.57. The molecule has 0 aliphatic carbocycles. The van der Waals surface area contributed by atoms with Gasteiger partial charge in [0.25, 0.3) is 5.91 Å². The maximum absolute atomic E-state index is 12.1. The molecule has 0 saturated carbocycles. The van der Waals surface area contributed by atoms with Crippen LogP contribution in [0.1, 0.15) is 11.1 Å². The number of rotatable bonds is 7. The van der Waals surface area contributed by atoms with E-state index in [0.29, 0.717) is 16.3 Å². The highest BCUT2D eigenvalue weighted by Gasteiger charge is 2.08. The van der Waals surface area contributed by atoms with Crippen LogP contribution in [0.4, 0.5) is 14.5 Å². The number of alkyl halides is 2. The second kappa shape index (κ2) is 9.68. The van der Waals surface area contributed by atoms with Crippen LogP contribution in [-0.4, -0.2) is 25.1 Å². The van der Waals surface area contributed by atoms with Gasteiger partial charge >= 0.3 is 12.6 Å². The minimum atomic E-state index is -2.90. The summed E-state index contributed by atoms with van der Waals surface area (Å²) in [7, 11) is 0. The third-order valence-electron chi connectivity index (χ3n) is 3.34. The number of carbonyl (C=O) groups excluding carboxylic acids is 2. The molecular weight excluding hydrogens is 380 g/mol. The van der Waals surface area contributed by atoms with Crippen molar-refractivity contribution in [2.24, 2.45) is 0 Å². The molecule has 0 spiro atoms. The molecule has 5 nitrogen and oxygen atoms in total. The molecule has 0 aliphatic rings. The summed E-state index contributed by atoms with van der Waals surface area (Å²) < 4.78 is 33.2. The van der Waals surface area contributed by atoms with E-state index in [1.54, 1.807) is 25.1 Å². The highest BCUT2D eigenvalue weighted by atomic mass is 35.5. The van der Waals surface area contributed by atoms with Gasteiger partial charge in [0, 0.05) is 16.8 Å². The van der Waals surface area contributed by atoms with Crippen molar-refractivity contribution in [3.63, 3.8) is 0 Å². The quantitative estimate of drug-likeness (QED) is 0.556. The van der Waals surface area contributed by atoms with Gasteiger partial charge < -0.3 is 14.8 Å². The van der Waals surface area contributed by atoms with Crippen molar-refractivity contribution in [1.29, 1.82) is 0 Å². The predicted molar refractivity (Wildman–Crippen MR) is 97.9 cm³/mol. The van der Waals surface area contributed by atoms with Crippen LogP contribution in [0.25, 0.3) is 6.08 Å². The number of carbonyl (C=O) groups is 2. The minimum absolute atomic E-state index is 0.0118. The van der Waals surface area contributed by atoms with Crippen molar-refractivity contribution in [2.75, 3.05) is 11.9 Å². The zero-order chi connectivity index (χ0) is 19.8. The summed E-state index contributed by atoms with van der Waals surface area (Å²) in [5.74, 6) is -1.21. The van der Waals surface area contributed by atoms with Gasteiger partial charge in [-0.25, -0.2) is 4.79 Å². The van der Waals surface area contributed by atoms with Gasteiger partial charge in [-0.1, -0.05) is 29.8 Å².